The van der Waals surface area contributed by atoms with Crippen molar-refractivity contribution in [2.75, 3.05) is 12.4 Å². The molecule has 0 saturated heterocycles. The van der Waals surface area contributed by atoms with Crippen LogP contribution in [-0.4, -0.2) is 37.7 Å². The molecule has 0 amide bonds. The fraction of sp³-hybridized carbons (Fsp3) is 0.556. The van der Waals surface area contributed by atoms with Gasteiger partial charge in [0.05, 0.1) is 25.2 Å². The number of hydrogen-bond acceptors (Lipinski definition) is 7. The van der Waals surface area contributed by atoms with E-state index in [1.165, 1.54) is 11.3 Å². The molecule has 1 aromatic heterocycles. The minimum atomic E-state index is -0.465. The molecular weight excluding hydrogens is 347 g/mol. The van der Waals surface area contributed by atoms with E-state index in [1.54, 1.807) is 7.11 Å². The molecule has 6 rings (SSSR count). The van der Waals surface area contributed by atoms with E-state index in [9.17, 15) is 0 Å². The maximum atomic E-state index is 6.56. The number of fused-ring (bicyclic) bond motifs is 3. The summed E-state index contributed by atoms with van der Waals surface area (Å²) in [5.74, 6) is 1.24. The Morgan fingerprint density at radius 2 is 2.19 bits per heavy atom. The van der Waals surface area contributed by atoms with Crippen molar-refractivity contribution < 1.29 is 9.47 Å². The van der Waals surface area contributed by atoms with Crippen LogP contribution in [0.4, 0.5) is 5.13 Å². The van der Waals surface area contributed by atoms with Crippen molar-refractivity contribution in [2.24, 2.45) is 16.6 Å². The molecule has 2 atom stereocenters. The van der Waals surface area contributed by atoms with Crippen molar-refractivity contribution >= 4 is 40.6 Å². The van der Waals surface area contributed by atoms with Gasteiger partial charge in [-0.3, -0.25) is 5.32 Å². The molecule has 1 aliphatic heterocycles. The maximum absolute atomic E-state index is 6.56. The Kier molecular flexibility index (Phi) is 3.53. The monoisotopic (exact) mass is 368 g/mol. The number of ether oxygens (including phenoxy) is 2. The molecule has 3 fully saturated rings. The first kappa shape index (κ1) is 16.4. The van der Waals surface area contributed by atoms with Crippen molar-refractivity contribution in [3.8, 4) is 5.75 Å². The van der Waals surface area contributed by atoms with E-state index in [1.807, 2.05) is 18.2 Å². The second-order valence-corrected chi connectivity index (χ2v) is 8.76. The number of aliphatic imine (C=N–C) groups is 1. The summed E-state index contributed by atoms with van der Waals surface area (Å²) in [7, 11) is 8.22. The van der Waals surface area contributed by atoms with E-state index in [4.69, 9.17) is 23.1 Å². The Balaban J connectivity index is 1.38. The lowest BCUT2D eigenvalue weighted by atomic mass is 9.46. The van der Waals surface area contributed by atoms with E-state index in [0.29, 0.717) is 11.9 Å². The number of nitrogens with zero attached hydrogens (tertiary/aromatic N) is 2. The zero-order valence-corrected chi connectivity index (χ0v) is 15.5. The molecule has 1 unspecified atom stereocenters. The van der Waals surface area contributed by atoms with Gasteiger partial charge < -0.3 is 15.2 Å². The van der Waals surface area contributed by atoms with Gasteiger partial charge in [-0.1, -0.05) is 29.5 Å². The highest BCUT2D eigenvalue weighted by Crippen LogP contribution is 2.60. The summed E-state index contributed by atoms with van der Waals surface area (Å²) in [6, 6.07) is 6.28. The number of amidine groups is 1. The third-order valence-corrected chi connectivity index (χ3v) is 7.09. The van der Waals surface area contributed by atoms with Gasteiger partial charge in [-0.05, 0) is 37.5 Å². The second-order valence-electron chi connectivity index (χ2n) is 7.73. The molecule has 8 heteroatoms. The van der Waals surface area contributed by atoms with Gasteiger partial charge in [0.15, 0.2) is 10.7 Å². The van der Waals surface area contributed by atoms with Gasteiger partial charge in [0.2, 0.25) is 0 Å². The summed E-state index contributed by atoms with van der Waals surface area (Å²) in [6.45, 7) is 0. The van der Waals surface area contributed by atoms with Gasteiger partial charge >= 0.3 is 0 Å². The van der Waals surface area contributed by atoms with E-state index < -0.39 is 5.60 Å². The summed E-state index contributed by atoms with van der Waals surface area (Å²) in [4.78, 5) is 9.16. The number of nitrogens with two attached hydrogens (primary N) is 1. The van der Waals surface area contributed by atoms with Crippen LogP contribution < -0.4 is 15.8 Å². The first-order valence-electron chi connectivity index (χ1n) is 9.03. The Morgan fingerprint density at radius 3 is 2.92 bits per heavy atom. The van der Waals surface area contributed by atoms with Crippen LogP contribution in [0.3, 0.4) is 0 Å². The Hall–Kier alpha value is -1.80. The summed E-state index contributed by atoms with van der Waals surface area (Å²) < 4.78 is 12.6. The highest BCUT2D eigenvalue weighted by Gasteiger charge is 2.59. The number of rotatable bonds is 2. The first-order valence-corrected chi connectivity index (χ1v) is 9.84. The SMILES string of the molecule is [B]C12CCC(CC1)[C@@]1(C2)OC(Nc2nc3ccc(OC)cc3s2)=NC1N. The molecule has 2 aromatic rings. The molecule has 3 saturated carbocycles. The first-order chi connectivity index (χ1) is 12.5. The lowest BCUT2D eigenvalue weighted by molar-refractivity contribution is -0.0796. The van der Waals surface area contributed by atoms with E-state index >= 15 is 0 Å². The summed E-state index contributed by atoms with van der Waals surface area (Å²) in [6.07, 6.45) is 4.63. The minimum Gasteiger partial charge on any atom is -0.497 e. The Morgan fingerprint density at radius 1 is 1.38 bits per heavy atom. The number of aromatic nitrogens is 1. The van der Waals surface area contributed by atoms with Crippen molar-refractivity contribution in [1.82, 2.24) is 4.98 Å². The molecule has 1 spiro atoms. The molecule has 2 bridgehead atoms. The molecule has 2 heterocycles. The number of nitrogens with one attached hydrogen (secondary N) is 1. The van der Waals surface area contributed by atoms with E-state index in [2.05, 4.69) is 15.3 Å². The molecule has 1 aromatic carbocycles. The van der Waals surface area contributed by atoms with Crippen LogP contribution in [0.2, 0.25) is 5.31 Å². The minimum absolute atomic E-state index is 0.163. The van der Waals surface area contributed by atoms with Gasteiger partial charge in [-0.25, -0.2) is 9.98 Å². The standard InChI is InChI=1S/C18H21BN4O2S/c1-24-11-2-3-12-13(8-11)26-16(21-12)23-15-22-14(20)18(25-15)9-17(19)6-4-10(18)5-7-17/h2-3,8,10,14H,4-7,9,20H2,1H3,(H,21,22,23)/t10?,14?,17?,18-/m1/s1. The number of methoxy groups -OCH3 is 1. The average molecular weight is 368 g/mol. The van der Waals surface area contributed by atoms with Crippen LogP contribution in [-0.2, 0) is 4.74 Å². The lowest BCUT2D eigenvalue weighted by Crippen LogP contribution is -2.58. The highest BCUT2D eigenvalue weighted by atomic mass is 32.1. The van der Waals surface area contributed by atoms with Gasteiger partial charge in [0.1, 0.15) is 11.9 Å². The molecule has 4 aliphatic rings. The van der Waals surface area contributed by atoms with Gasteiger partial charge in [0.25, 0.3) is 6.02 Å². The van der Waals surface area contributed by atoms with E-state index in [0.717, 1.165) is 53.2 Å². The second kappa shape index (κ2) is 5.60. The normalized spacial score (nSPS) is 35.5. The molecule has 3 N–H and O–H groups in total. The van der Waals surface area contributed by atoms with Crippen LogP contribution in [0.15, 0.2) is 23.2 Å². The van der Waals surface area contributed by atoms with Crippen LogP contribution in [0.25, 0.3) is 10.2 Å². The fourth-order valence-corrected chi connectivity index (χ4v) is 5.64. The molecule has 3 aliphatic carbocycles. The van der Waals surface area contributed by atoms with Gasteiger partial charge in [-0.2, -0.15) is 0 Å². The van der Waals surface area contributed by atoms with Crippen LogP contribution in [0, 0.1) is 5.92 Å². The number of hydrogen-bond donors (Lipinski definition) is 2. The number of benzene rings is 1. The molecular formula is C18H21BN4O2S. The molecule has 26 heavy (non-hydrogen) atoms. The smallest absolute Gasteiger partial charge is 0.293 e. The largest absolute Gasteiger partial charge is 0.497 e. The Bertz CT molecular complexity index is 892. The van der Waals surface area contributed by atoms with E-state index in [-0.39, 0.29) is 11.5 Å². The highest BCUT2D eigenvalue weighted by molar-refractivity contribution is 7.22. The molecule has 2 radical (unpaired) electrons. The quantitative estimate of drug-likeness (QED) is 0.797. The third-order valence-electron chi connectivity index (χ3n) is 6.15. The molecule has 6 nitrogen and oxygen atoms in total. The topological polar surface area (TPSA) is 81.8 Å². The third kappa shape index (κ3) is 2.42. The zero-order valence-electron chi connectivity index (χ0n) is 14.7. The lowest BCUT2D eigenvalue weighted by Gasteiger charge is -2.55. The predicted molar refractivity (Wildman–Crippen MR) is 104 cm³/mol. The zero-order chi connectivity index (χ0) is 17.9. The summed E-state index contributed by atoms with van der Waals surface area (Å²) in [5, 5.41) is 3.79. The van der Waals surface area contributed by atoms with Crippen LogP contribution in [0.1, 0.15) is 32.1 Å². The molecule has 134 valence electrons. The predicted octanol–water partition coefficient (Wildman–Crippen LogP) is 3.05. The maximum Gasteiger partial charge on any atom is 0.293 e. The Labute approximate surface area is 157 Å². The van der Waals surface area contributed by atoms with Crippen molar-refractivity contribution in [3.63, 3.8) is 0 Å². The van der Waals surface area contributed by atoms with Gasteiger partial charge in [-0.15, -0.1) is 0 Å². The van der Waals surface area contributed by atoms with Crippen molar-refractivity contribution in [3.05, 3.63) is 18.2 Å². The van der Waals surface area contributed by atoms with Crippen molar-refractivity contribution in [2.45, 2.75) is 49.2 Å². The van der Waals surface area contributed by atoms with Gasteiger partial charge in [0, 0.05) is 5.92 Å². The average Bonchev–Trinajstić information content (AvgIpc) is 3.15. The van der Waals surface area contributed by atoms with Crippen molar-refractivity contribution in [1.29, 1.82) is 0 Å². The van der Waals surface area contributed by atoms with Crippen LogP contribution in [0.5, 0.6) is 5.75 Å². The summed E-state index contributed by atoms with van der Waals surface area (Å²) in [5.41, 5.74) is 6.85. The summed E-state index contributed by atoms with van der Waals surface area (Å²) >= 11 is 1.54. The number of anilines is 1. The van der Waals surface area contributed by atoms with Crippen LogP contribution >= 0.6 is 11.3 Å². The number of thiazole rings is 1. The fourth-order valence-electron chi connectivity index (χ4n) is 4.76.